The predicted molar refractivity (Wildman–Crippen MR) is 119 cm³/mol. The van der Waals surface area contributed by atoms with Gasteiger partial charge in [-0.05, 0) is 29.8 Å². The maximum atomic E-state index is 13.2. The number of esters is 3. The van der Waals surface area contributed by atoms with Gasteiger partial charge in [-0.2, -0.15) is 0 Å². The monoisotopic (exact) mass is 474 g/mol. The van der Waals surface area contributed by atoms with E-state index in [4.69, 9.17) is 18.9 Å². The lowest BCUT2D eigenvalue weighted by atomic mass is 9.77. The van der Waals surface area contributed by atoms with Gasteiger partial charge in [-0.1, -0.05) is 18.2 Å². The van der Waals surface area contributed by atoms with Crippen LogP contribution in [-0.4, -0.2) is 29.0 Å². The molecule has 2 aliphatic rings. The molecule has 0 fully saturated rings. The second-order valence-corrected chi connectivity index (χ2v) is 8.09. The van der Waals surface area contributed by atoms with E-state index in [-0.39, 0.29) is 35.0 Å². The summed E-state index contributed by atoms with van der Waals surface area (Å²) in [6.45, 7) is 2.53. The third-order valence-electron chi connectivity index (χ3n) is 5.73. The summed E-state index contributed by atoms with van der Waals surface area (Å²) in [7, 11) is 0. The van der Waals surface area contributed by atoms with Gasteiger partial charge in [-0.3, -0.25) is 14.4 Å². The van der Waals surface area contributed by atoms with E-state index >= 15 is 0 Å². The van der Waals surface area contributed by atoms with Gasteiger partial charge in [0.25, 0.3) is 0 Å². The van der Waals surface area contributed by atoms with Crippen molar-refractivity contribution in [3.63, 3.8) is 0 Å². The highest BCUT2D eigenvalue weighted by Gasteiger charge is 2.54. The van der Waals surface area contributed by atoms with E-state index in [0.717, 1.165) is 0 Å². The average Bonchev–Trinajstić information content (AvgIpc) is 3.06. The van der Waals surface area contributed by atoms with Crippen molar-refractivity contribution in [3.05, 3.63) is 82.4 Å². The van der Waals surface area contributed by atoms with Crippen molar-refractivity contribution in [1.29, 1.82) is 0 Å². The minimum absolute atomic E-state index is 0.168. The van der Waals surface area contributed by atoms with Crippen molar-refractivity contribution < 1.29 is 43.2 Å². The van der Waals surface area contributed by atoms with E-state index in [0.29, 0.717) is 22.3 Å². The highest BCUT2D eigenvalue weighted by atomic mass is 16.6. The maximum Gasteiger partial charge on any atom is 0.340 e. The van der Waals surface area contributed by atoms with Crippen LogP contribution in [-0.2, 0) is 31.1 Å². The maximum absolute atomic E-state index is 13.2. The summed E-state index contributed by atoms with van der Waals surface area (Å²) in [5.74, 6) is -1.87. The van der Waals surface area contributed by atoms with Gasteiger partial charge in [0.2, 0.25) is 0 Å². The van der Waals surface area contributed by atoms with Crippen molar-refractivity contribution >= 4 is 23.9 Å². The van der Waals surface area contributed by atoms with Crippen LogP contribution >= 0.6 is 0 Å². The molecule has 0 saturated carbocycles. The molecule has 176 valence electrons. The minimum Gasteiger partial charge on any atom is -0.481 e. The molecule has 3 aromatic carbocycles. The lowest BCUT2D eigenvalue weighted by Crippen LogP contribution is -2.33. The van der Waals surface area contributed by atoms with Crippen LogP contribution in [0.1, 0.15) is 46.5 Å². The second kappa shape index (κ2) is 7.98. The fourth-order valence-electron chi connectivity index (χ4n) is 4.57. The first-order valence-corrected chi connectivity index (χ1v) is 10.6. The highest BCUT2D eigenvalue weighted by molar-refractivity contribution is 5.99. The van der Waals surface area contributed by atoms with Crippen molar-refractivity contribution in [3.8, 4) is 23.0 Å². The molecule has 0 radical (unpaired) electrons. The topological polar surface area (TPSA) is 125 Å². The smallest absolute Gasteiger partial charge is 0.340 e. The van der Waals surface area contributed by atoms with Crippen molar-refractivity contribution in [1.82, 2.24) is 0 Å². The van der Waals surface area contributed by atoms with Gasteiger partial charge in [-0.15, -0.1) is 0 Å². The summed E-state index contributed by atoms with van der Waals surface area (Å²) >= 11 is 0. The normalized spacial score (nSPS) is 14.2. The molecule has 0 aromatic heterocycles. The molecule has 35 heavy (non-hydrogen) atoms. The van der Waals surface area contributed by atoms with Crippen LogP contribution in [0.25, 0.3) is 0 Å². The van der Waals surface area contributed by atoms with E-state index in [1.165, 1.54) is 26.0 Å². The van der Waals surface area contributed by atoms with E-state index in [2.05, 4.69) is 0 Å². The number of fused-ring (bicyclic) bond motifs is 6. The molecule has 0 unspecified atom stereocenters. The van der Waals surface area contributed by atoms with Crippen LogP contribution in [0, 0.1) is 0 Å². The van der Waals surface area contributed by atoms with Crippen molar-refractivity contribution in [2.24, 2.45) is 0 Å². The molecule has 0 bridgehead atoms. The first-order chi connectivity index (χ1) is 16.7. The van der Waals surface area contributed by atoms with Gasteiger partial charge in [0.05, 0.1) is 12.0 Å². The standard InChI is InChI=1S/C26H18O9/c1-13(27)32-16-6-8-18-21(11-16)34-22-12-17(33-14(2)28)7-9-19(22)26(18)20-5-3-4-15(10-23(29)30)24(20)25(31)35-26/h3-9,11-12H,10H2,1-2H3,(H,29,30). The van der Waals surface area contributed by atoms with E-state index in [1.807, 2.05) is 0 Å². The number of hydrogen-bond donors (Lipinski definition) is 1. The molecular weight excluding hydrogens is 456 g/mol. The summed E-state index contributed by atoms with van der Waals surface area (Å²) in [5, 5.41) is 9.35. The molecule has 3 aromatic rings. The number of ether oxygens (including phenoxy) is 4. The minimum atomic E-state index is -1.46. The van der Waals surface area contributed by atoms with Gasteiger partial charge >= 0.3 is 23.9 Å². The highest BCUT2D eigenvalue weighted by Crippen LogP contribution is 2.57. The Labute approximate surface area is 198 Å². The summed E-state index contributed by atoms with van der Waals surface area (Å²) in [6, 6.07) is 14.3. The van der Waals surface area contributed by atoms with Gasteiger partial charge in [-0.25, -0.2) is 4.79 Å². The lowest BCUT2D eigenvalue weighted by Gasteiger charge is -2.36. The predicted octanol–water partition coefficient (Wildman–Crippen LogP) is 3.73. The summed E-state index contributed by atoms with van der Waals surface area (Å²) in [5.41, 5.74) is 0.392. The Morgan fingerprint density at radius 3 is 1.94 bits per heavy atom. The largest absolute Gasteiger partial charge is 0.481 e. The van der Waals surface area contributed by atoms with Crippen LogP contribution in [0.5, 0.6) is 23.0 Å². The summed E-state index contributed by atoms with van der Waals surface area (Å²) in [4.78, 5) is 47.6. The molecule has 9 nitrogen and oxygen atoms in total. The molecule has 0 atom stereocenters. The zero-order valence-electron chi connectivity index (χ0n) is 18.6. The van der Waals surface area contributed by atoms with Crippen LogP contribution < -0.4 is 14.2 Å². The number of carbonyl (C=O) groups excluding carboxylic acids is 3. The Balaban J connectivity index is 1.78. The molecule has 5 rings (SSSR count). The lowest BCUT2D eigenvalue weighted by molar-refractivity contribution is -0.136. The van der Waals surface area contributed by atoms with Gasteiger partial charge in [0.15, 0.2) is 5.60 Å². The van der Waals surface area contributed by atoms with E-state index in [1.54, 1.807) is 42.5 Å². The summed E-state index contributed by atoms with van der Waals surface area (Å²) in [6.07, 6.45) is -0.360. The first kappa shape index (κ1) is 22.1. The molecule has 0 amide bonds. The number of rotatable bonds is 4. The molecular formula is C26H18O9. The number of carboxylic acid groups (broad SMARTS) is 1. The fraction of sp³-hybridized carbons (Fsp3) is 0.154. The van der Waals surface area contributed by atoms with Crippen LogP contribution in [0.3, 0.4) is 0 Å². The van der Waals surface area contributed by atoms with Gasteiger partial charge in [0, 0.05) is 42.7 Å². The number of carbonyl (C=O) groups is 4. The SMILES string of the molecule is CC(=O)Oc1ccc2c(c1)Oc1cc(OC(C)=O)ccc1C21OC(=O)c2c(CC(=O)O)cccc21. The number of carboxylic acids is 1. The molecule has 1 spiro atoms. The second-order valence-electron chi connectivity index (χ2n) is 8.09. The fourth-order valence-corrected chi connectivity index (χ4v) is 4.57. The summed E-state index contributed by atoms with van der Waals surface area (Å²) < 4.78 is 22.5. The Morgan fingerprint density at radius 1 is 0.857 bits per heavy atom. The zero-order chi connectivity index (χ0) is 24.9. The Hall–Kier alpha value is -4.66. The number of benzene rings is 3. The molecule has 2 aliphatic heterocycles. The van der Waals surface area contributed by atoms with Crippen LogP contribution in [0.4, 0.5) is 0 Å². The molecule has 0 aliphatic carbocycles. The van der Waals surface area contributed by atoms with Crippen LogP contribution in [0.2, 0.25) is 0 Å². The molecule has 1 N–H and O–H groups in total. The van der Waals surface area contributed by atoms with Gasteiger partial charge in [0.1, 0.15) is 23.0 Å². The Kier molecular flexibility index (Phi) is 5.05. The number of aliphatic carboxylic acids is 1. The van der Waals surface area contributed by atoms with Crippen molar-refractivity contribution in [2.75, 3.05) is 0 Å². The quantitative estimate of drug-likeness (QED) is 0.445. The molecule has 0 saturated heterocycles. The van der Waals surface area contributed by atoms with Gasteiger partial charge < -0.3 is 24.1 Å². The number of hydrogen-bond acceptors (Lipinski definition) is 8. The van der Waals surface area contributed by atoms with E-state index in [9.17, 15) is 24.3 Å². The first-order valence-electron chi connectivity index (χ1n) is 10.6. The zero-order valence-corrected chi connectivity index (χ0v) is 18.6. The Morgan fingerprint density at radius 2 is 1.43 bits per heavy atom. The third-order valence-corrected chi connectivity index (χ3v) is 5.73. The average molecular weight is 474 g/mol. The molecule has 9 heteroatoms. The third kappa shape index (κ3) is 3.57. The Bertz CT molecular complexity index is 1370. The molecule has 2 heterocycles. The van der Waals surface area contributed by atoms with Crippen LogP contribution in [0.15, 0.2) is 54.6 Å². The van der Waals surface area contributed by atoms with E-state index < -0.39 is 29.5 Å². The van der Waals surface area contributed by atoms with Crippen molar-refractivity contribution in [2.45, 2.75) is 25.9 Å².